The van der Waals surface area contributed by atoms with E-state index in [9.17, 15) is 18.3 Å². The zero-order valence-corrected chi connectivity index (χ0v) is 24.1. The number of hydrogen-bond donors (Lipinski definition) is 2. The molecule has 1 aromatic heterocycles. The van der Waals surface area contributed by atoms with Crippen LogP contribution >= 0.6 is 0 Å². The van der Waals surface area contributed by atoms with E-state index in [-0.39, 0.29) is 39.9 Å². The molecule has 0 spiro atoms. The van der Waals surface area contributed by atoms with Crippen molar-refractivity contribution in [2.45, 2.75) is 69.4 Å². The molecule has 9 heteroatoms. The summed E-state index contributed by atoms with van der Waals surface area (Å²) in [5, 5.41) is 19.9. The molecule has 0 aliphatic carbocycles. The molecule has 214 valence electrons. The van der Waals surface area contributed by atoms with Crippen LogP contribution in [-0.2, 0) is 26.0 Å². The Bertz CT molecular complexity index is 1530. The van der Waals surface area contributed by atoms with Crippen molar-refractivity contribution in [1.29, 1.82) is 5.26 Å². The number of rotatable bonds is 12. The molecule has 2 N–H and O–H groups in total. The van der Waals surface area contributed by atoms with Crippen LogP contribution in [-0.4, -0.2) is 30.6 Å². The van der Waals surface area contributed by atoms with Gasteiger partial charge in [-0.1, -0.05) is 62.7 Å². The van der Waals surface area contributed by atoms with E-state index in [4.69, 9.17) is 10.00 Å². The molecule has 8 nitrogen and oxygen atoms in total. The fraction of sp³-hybridized carbons (Fsp3) is 0.344. The number of anilines is 1. The summed E-state index contributed by atoms with van der Waals surface area (Å²) in [4.78, 5) is 17.2. The van der Waals surface area contributed by atoms with Gasteiger partial charge in [0.2, 0.25) is 0 Å². The quantitative estimate of drug-likeness (QED) is 0.239. The molecule has 3 unspecified atom stereocenters. The smallest absolute Gasteiger partial charge is 0.338 e. The maximum Gasteiger partial charge on any atom is 0.338 e. The summed E-state index contributed by atoms with van der Waals surface area (Å²) in [5.74, 6) is -0.845. The number of carbonyl (C=O) groups is 1. The molecule has 0 amide bonds. The second-order valence-corrected chi connectivity index (χ2v) is 11.9. The Hall–Kier alpha value is -4.16. The number of aryl methyl sites for hydroxylation is 1. The number of aliphatic hydroxyl groups is 1. The first kappa shape index (κ1) is 29.8. The summed E-state index contributed by atoms with van der Waals surface area (Å²) in [5.41, 5.74) is 2.66. The molecule has 0 saturated carbocycles. The molecule has 2 aromatic carbocycles. The lowest BCUT2D eigenvalue weighted by Gasteiger charge is -2.33. The van der Waals surface area contributed by atoms with Gasteiger partial charge in [-0.2, -0.15) is 13.7 Å². The third kappa shape index (κ3) is 7.33. The van der Waals surface area contributed by atoms with Gasteiger partial charge in [-0.25, -0.2) is 9.78 Å². The lowest BCUT2D eigenvalue weighted by Crippen LogP contribution is -2.34. The highest BCUT2D eigenvalue weighted by Crippen LogP contribution is 2.38. The van der Waals surface area contributed by atoms with Gasteiger partial charge in [0, 0.05) is 24.2 Å². The molecule has 0 bridgehead atoms. The highest BCUT2D eigenvalue weighted by Gasteiger charge is 2.37. The van der Waals surface area contributed by atoms with E-state index < -0.39 is 28.0 Å². The summed E-state index contributed by atoms with van der Waals surface area (Å²) in [6.45, 7) is 4.01. The van der Waals surface area contributed by atoms with Crippen LogP contribution in [0.3, 0.4) is 0 Å². The van der Waals surface area contributed by atoms with Crippen LogP contribution in [0.5, 0.6) is 0 Å². The zero-order chi connectivity index (χ0) is 29.4. The minimum absolute atomic E-state index is 0.0340. The number of nitrogens with one attached hydrogen (secondary N) is 1. The van der Waals surface area contributed by atoms with E-state index in [1.807, 2.05) is 31.2 Å². The maximum atomic E-state index is 13.3. The Morgan fingerprint density at radius 2 is 1.88 bits per heavy atom. The van der Waals surface area contributed by atoms with Gasteiger partial charge in [0.25, 0.3) is 10.0 Å². The van der Waals surface area contributed by atoms with Crippen molar-refractivity contribution in [2.75, 3.05) is 4.72 Å². The Morgan fingerprint density at radius 1 is 1.10 bits per heavy atom. The van der Waals surface area contributed by atoms with Gasteiger partial charge >= 0.3 is 5.97 Å². The molecule has 0 radical (unpaired) electrons. The van der Waals surface area contributed by atoms with Crippen LogP contribution in [0.2, 0.25) is 0 Å². The monoisotopic (exact) mass is 573 g/mol. The second-order valence-electron chi connectivity index (χ2n) is 10.3. The fourth-order valence-corrected chi connectivity index (χ4v) is 6.37. The van der Waals surface area contributed by atoms with Gasteiger partial charge in [-0.3, -0.25) is 4.72 Å². The molecule has 0 fully saturated rings. The first-order valence-electron chi connectivity index (χ1n) is 13.9. The van der Waals surface area contributed by atoms with Crippen molar-refractivity contribution in [3.05, 3.63) is 101 Å². The number of carbonyl (C=O) groups excluding carboxylic acids is 1. The molecule has 1 aliphatic heterocycles. The summed E-state index contributed by atoms with van der Waals surface area (Å²) in [7, 11) is -4.01. The zero-order valence-electron chi connectivity index (χ0n) is 23.3. The molecular formula is C32H35N3O5S. The highest BCUT2D eigenvalue weighted by molar-refractivity contribution is 7.92. The van der Waals surface area contributed by atoms with Crippen molar-refractivity contribution in [1.82, 2.24) is 4.98 Å². The van der Waals surface area contributed by atoms with Crippen molar-refractivity contribution < 1.29 is 23.1 Å². The number of sulfonamides is 1. The van der Waals surface area contributed by atoms with Crippen LogP contribution < -0.4 is 4.72 Å². The minimum atomic E-state index is -4.01. The van der Waals surface area contributed by atoms with Crippen LogP contribution in [0.15, 0.2) is 89.3 Å². The average molecular weight is 574 g/mol. The van der Waals surface area contributed by atoms with Crippen LogP contribution in [0.1, 0.15) is 68.6 Å². The predicted molar refractivity (Wildman–Crippen MR) is 157 cm³/mol. The predicted octanol–water partition coefficient (Wildman–Crippen LogP) is 6.42. The SMILES string of the molecule is CCCC(CCc1ccccc1)C1CC(O)=C(C(CC)c2cccc(NS(=O)(=O)c3ccc(C#N)cn3)c2)C(=O)O1. The number of nitriles is 1. The highest BCUT2D eigenvalue weighted by atomic mass is 32.2. The van der Waals surface area contributed by atoms with E-state index in [0.717, 1.165) is 25.7 Å². The van der Waals surface area contributed by atoms with Crippen molar-refractivity contribution in [3.63, 3.8) is 0 Å². The summed E-state index contributed by atoms with van der Waals surface area (Å²) in [6, 6.07) is 21.5. The van der Waals surface area contributed by atoms with Crippen molar-refractivity contribution in [2.24, 2.45) is 5.92 Å². The number of aromatic nitrogens is 1. The number of hydrogen-bond acceptors (Lipinski definition) is 7. The van der Waals surface area contributed by atoms with Gasteiger partial charge in [0.05, 0.1) is 11.1 Å². The van der Waals surface area contributed by atoms with Gasteiger partial charge in [0.1, 0.15) is 17.9 Å². The number of benzene rings is 2. The molecule has 3 aromatic rings. The van der Waals surface area contributed by atoms with Crippen LogP contribution in [0, 0.1) is 17.2 Å². The molecular weight excluding hydrogens is 538 g/mol. The maximum absolute atomic E-state index is 13.3. The van der Waals surface area contributed by atoms with E-state index in [1.165, 1.54) is 23.9 Å². The first-order valence-corrected chi connectivity index (χ1v) is 15.4. The molecule has 3 atom stereocenters. The number of esters is 1. The topological polar surface area (TPSA) is 129 Å². The molecule has 2 heterocycles. The first-order chi connectivity index (χ1) is 19.7. The van der Waals surface area contributed by atoms with E-state index in [2.05, 4.69) is 28.8 Å². The molecule has 4 rings (SSSR count). The number of nitrogens with zero attached hydrogens (tertiary/aromatic N) is 2. The van der Waals surface area contributed by atoms with Gasteiger partial charge in [-0.15, -0.1) is 0 Å². The number of pyridine rings is 1. The fourth-order valence-electron chi connectivity index (χ4n) is 5.39. The average Bonchev–Trinajstić information content (AvgIpc) is 2.97. The van der Waals surface area contributed by atoms with Gasteiger partial charge in [0.15, 0.2) is 5.03 Å². The third-order valence-corrected chi connectivity index (χ3v) is 8.75. The number of cyclic esters (lactones) is 1. The molecule has 0 saturated heterocycles. The van der Waals surface area contributed by atoms with Gasteiger partial charge in [-0.05, 0) is 67.0 Å². The Morgan fingerprint density at radius 3 is 2.51 bits per heavy atom. The van der Waals surface area contributed by atoms with Crippen LogP contribution in [0.4, 0.5) is 5.69 Å². The Kier molecular flexibility index (Phi) is 9.79. The van der Waals surface area contributed by atoms with Crippen molar-refractivity contribution in [3.8, 4) is 6.07 Å². The number of ether oxygens (including phenoxy) is 1. The molecule has 1 aliphatic rings. The summed E-state index contributed by atoms with van der Waals surface area (Å²) < 4.78 is 34.2. The Balaban J connectivity index is 1.52. The largest absolute Gasteiger partial charge is 0.512 e. The minimum Gasteiger partial charge on any atom is -0.512 e. The van der Waals surface area contributed by atoms with Crippen LogP contribution in [0.25, 0.3) is 0 Å². The summed E-state index contributed by atoms with van der Waals surface area (Å²) >= 11 is 0. The van der Waals surface area contributed by atoms with Gasteiger partial charge < -0.3 is 9.84 Å². The number of aliphatic hydroxyl groups excluding tert-OH is 1. The lowest BCUT2D eigenvalue weighted by molar-refractivity contribution is -0.150. The van der Waals surface area contributed by atoms with E-state index >= 15 is 0 Å². The summed E-state index contributed by atoms with van der Waals surface area (Å²) in [6.07, 6.45) is 5.12. The van der Waals surface area contributed by atoms with E-state index in [1.54, 1.807) is 24.3 Å². The normalized spacial score (nSPS) is 16.9. The second kappa shape index (κ2) is 13.5. The molecule has 41 heavy (non-hydrogen) atoms. The third-order valence-electron chi connectivity index (χ3n) is 7.45. The van der Waals surface area contributed by atoms with E-state index in [0.29, 0.717) is 12.0 Å². The standard InChI is InChI=1S/C32H35N3O5S/c1-3-9-24(16-14-22-10-6-5-7-11-22)29-19-28(36)31(32(37)40-29)27(4-2)25-12-8-13-26(18-25)35-41(38,39)30-17-15-23(20-33)21-34-30/h5-8,10-13,15,17-18,21,24,27,29,35-36H,3-4,9,14,16,19H2,1-2H3. The lowest BCUT2D eigenvalue weighted by atomic mass is 9.82. The Labute approximate surface area is 241 Å². The van der Waals surface area contributed by atoms with Crippen molar-refractivity contribution >= 4 is 21.7 Å².